The van der Waals surface area contributed by atoms with Gasteiger partial charge >= 0.3 is 13.7 Å². The second kappa shape index (κ2) is 13.2. The molecule has 0 aliphatic rings. The molecular weight excluding hydrogens is 417 g/mol. The number of hydrogen-bond donors (Lipinski definition) is 2. The van der Waals surface area contributed by atoms with Crippen molar-refractivity contribution in [3.63, 3.8) is 0 Å². The van der Waals surface area contributed by atoms with E-state index in [0.717, 1.165) is 18.4 Å². The number of alkyl carbamates (subject to hydrolysis) is 1. The van der Waals surface area contributed by atoms with Gasteiger partial charge in [0.1, 0.15) is 12.4 Å². The van der Waals surface area contributed by atoms with E-state index in [1.54, 1.807) is 12.1 Å². The zero-order valence-corrected chi connectivity index (χ0v) is 19.1. The van der Waals surface area contributed by atoms with Gasteiger partial charge in [0, 0.05) is 0 Å². The van der Waals surface area contributed by atoms with Crippen LogP contribution in [0.4, 0.5) is 4.79 Å². The fourth-order valence-corrected chi connectivity index (χ4v) is 4.68. The molecule has 2 aromatic carbocycles. The van der Waals surface area contributed by atoms with E-state index < -0.39 is 19.5 Å². The SMILES string of the molecule is CCCCOP(=O)(OCCCC)C(NC(=O)OCc1ccccc1)c1ccc(O)cc1. The maximum absolute atomic E-state index is 13.8. The van der Waals surface area contributed by atoms with Gasteiger partial charge in [0.2, 0.25) is 0 Å². The van der Waals surface area contributed by atoms with Crippen LogP contribution in [-0.4, -0.2) is 24.4 Å². The van der Waals surface area contributed by atoms with Crippen molar-refractivity contribution in [2.45, 2.75) is 51.9 Å². The van der Waals surface area contributed by atoms with Gasteiger partial charge in [-0.3, -0.25) is 4.57 Å². The third-order valence-corrected chi connectivity index (χ3v) is 6.68. The number of nitrogens with one attached hydrogen (secondary N) is 1. The van der Waals surface area contributed by atoms with Crippen molar-refractivity contribution in [1.29, 1.82) is 0 Å². The molecule has 0 fully saturated rings. The first-order chi connectivity index (χ1) is 15.0. The van der Waals surface area contributed by atoms with Crippen molar-refractivity contribution < 1.29 is 28.3 Å². The number of carbonyl (C=O) groups excluding carboxylic acids is 1. The van der Waals surface area contributed by atoms with Gasteiger partial charge in [0.15, 0.2) is 5.78 Å². The smallest absolute Gasteiger partial charge is 0.408 e. The summed E-state index contributed by atoms with van der Waals surface area (Å²) in [5, 5.41) is 12.3. The lowest BCUT2D eigenvalue weighted by Gasteiger charge is -2.28. The van der Waals surface area contributed by atoms with E-state index in [0.29, 0.717) is 18.4 Å². The van der Waals surface area contributed by atoms with Crippen molar-refractivity contribution in [3.05, 3.63) is 65.7 Å². The predicted molar refractivity (Wildman–Crippen MR) is 120 cm³/mol. The predicted octanol–water partition coefficient (Wildman–Crippen LogP) is 6.14. The highest BCUT2D eigenvalue weighted by Gasteiger charge is 2.39. The van der Waals surface area contributed by atoms with Crippen LogP contribution in [0.3, 0.4) is 0 Å². The number of phenols is 1. The van der Waals surface area contributed by atoms with Crippen LogP contribution in [0.15, 0.2) is 54.6 Å². The van der Waals surface area contributed by atoms with Crippen LogP contribution < -0.4 is 5.32 Å². The normalized spacial score (nSPS) is 12.3. The molecule has 2 N–H and O–H groups in total. The minimum atomic E-state index is -3.77. The van der Waals surface area contributed by atoms with Crippen LogP contribution >= 0.6 is 7.60 Å². The van der Waals surface area contributed by atoms with Crippen LogP contribution in [0, 0.1) is 0 Å². The number of phenolic OH excluding ortho intramolecular Hbond substituents is 1. The van der Waals surface area contributed by atoms with E-state index in [2.05, 4.69) is 5.32 Å². The Morgan fingerprint density at radius 1 is 0.968 bits per heavy atom. The van der Waals surface area contributed by atoms with Gasteiger partial charge in [-0.1, -0.05) is 69.2 Å². The highest BCUT2D eigenvalue weighted by molar-refractivity contribution is 7.54. The van der Waals surface area contributed by atoms with Gasteiger partial charge in [-0.2, -0.15) is 0 Å². The molecule has 1 atom stereocenters. The molecule has 170 valence electrons. The Hall–Kier alpha value is -2.34. The first kappa shape index (κ1) is 24.9. The van der Waals surface area contributed by atoms with E-state index >= 15 is 0 Å². The number of ether oxygens (including phenoxy) is 1. The fourth-order valence-electron chi connectivity index (χ4n) is 2.74. The Morgan fingerprint density at radius 3 is 2.10 bits per heavy atom. The maximum atomic E-state index is 13.8. The number of rotatable bonds is 13. The molecule has 0 spiro atoms. The largest absolute Gasteiger partial charge is 0.508 e. The average Bonchev–Trinajstić information content (AvgIpc) is 2.78. The van der Waals surface area contributed by atoms with Gasteiger partial charge in [-0.25, -0.2) is 4.79 Å². The molecule has 0 aromatic heterocycles. The Kier molecular flexibility index (Phi) is 10.6. The van der Waals surface area contributed by atoms with Crippen LogP contribution in [0.25, 0.3) is 0 Å². The summed E-state index contributed by atoms with van der Waals surface area (Å²) < 4.78 is 30.6. The maximum Gasteiger partial charge on any atom is 0.408 e. The van der Waals surface area contributed by atoms with Gasteiger partial charge in [0.05, 0.1) is 13.2 Å². The number of amides is 1. The van der Waals surface area contributed by atoms with Crippen LogP contribution in [0.2, 0.25) is 0 Å². The Labute approximate surface area is 184 Å². The van der Waals surface area contributed by atoms with Crippen molar-refractivity contribution in [3.8, 4) is 5.75 Å². The van der Waals surface area contributed by atoms with Crippen LogP contribution in [-0.2, 0) is 25.0 Å². The topological polar surface area (TPSA) is 94.1 Å². The van der Waals surface area contributed by atoms with Gasteiger partial charge in [-0.15, -0.1) is 0 Å². The summed E-state index contributed by atoms with van der Waals surface area (Å²) >= 11 is 0. The molecule has 0 aliphatic carbocycles. The molecule has 0 saturated heterocycles. The van der Waals surface area contributed by atoms with Gasteiger partial charge < -0.3 is 24.2 Å². The van der Waals surface area contributed by atoms with Crippen LogP contribution in [0.1, 0.15) is 56.4 Å². The Bertz CT molecular complexity index is 814. The molecule has 0 saturated carbocycles. The number of hydrogen-bond acceptors (Lipinski definition) is 6. The zero-order chi connectivity index (χ0) is 22.5. The van der Waals surface area contributed by atoms with Crippen LogP contribution in [0.5, 0.6) is 5.75 Å². The second-order valence-electron chi connectivity index (χ2n) is 7.11. The second-order valence-corrected chi connectivity index (χ2v) is 9.23. The molecule has 31 heavy (non-hydrogen) atoms. The molecule has 2 rings (SSSR count). The fraction of sp³-hybridized carbons (Fsp3) is 0.435. The molecule has 1 unspecified atom stereocenters. The molecule has 8 heteroatoms. The minimum Gasteiger partial charge on any atom is -0.508 e. The zero-order valence-electron chi connectivity index (χ0n) is 18.2. The summed E-state index contributed by atoms with van der Waals surface area (Å²) in [7, 11) is -3.77. The first-order valence-corrected chi connectivity index (χ1v) is 12.2. The van der Waals surface area contributed by atoms with Crippen molar-refractivity contribution in [1.82, 2.24) is 5.32 Å². The summed E-state index contributed by atoms with van der Waals surface area (Å²) in [6.45, 7) is 4.57. The summed E-state index contributed by atoms with van der Waals surface area (Å²) in [5.41, 5.74) is 1.33. The lowest BCUT2D eigenvalue weighted by Crippen LogP contribution is -2.30. The first-order valence-electron chi connectivity index (χ1n) is 10.6. The summed E-state index contributed by atoms with van der Waals surface area (Å²) in [6.07, 6.45) is 2.42. The van der Waals surface area contributed by atoms with Gasteiger partial charge in [-0.05, 0) is 36.1 Å². The minimum absolute atomic E-state index is 0.0581. The van der Waals surface area contributed by atoms with E-state index in [1.807, 2.05) is 44.2 Å². The third kappa shape index (κ3) is 8.37. The Morgan fingerprint density at radius 2 is 1.55 bits per heavy atom. The molecule has 0 radical (unpaired) electrons. The molecular formula is C23H32NO6P. The highest BCUT2D eigenvalue weighted by atomic mass is 31.2. The van der Waals surface area contributed by atoms with E-state index in [9.17, 15) is 14.5 Å². The van der Waals surface area contributed by atoms with Gasteiger partial charge in [0.25, 0.3) is 0 Å². The number of aromatic hydroxyl groups is 1. The van der Waals surface area contributed by atoms with Crippen molar-refractivity contribution in [2.24, 2.45) is 0 Å². The monoisotopic (exact) mass is 449 g/mol. The molecule has 1 amide bonds. The van der Waals surface area contributed by atoms with E-state index in [4.69, 9.17) is 13.8 Å². The van der Waals surface area contributed by atoms with E-state index in [-0.39, 0.29) is 25.6 Å². The van der Waals surface area contributed by atoms with E-state index in [1.165, 1.54) is 12.1 Å². The quantitative estimate of drug-likeness (QED) is 0.282. The molecule has 0 bridgehead atoms. The molecule has 0 aliphatic heterocycles. The highest BCUT2D eigenvalue weighted by Crippen LogP contribution is 2.60. The molecule has 7 nitrogen and oxygen atoms in total. The summed E-state index contributed by atoms with van der Waals surface area (Å²) in [5.74, 6) is -1.01. The number of unbranched alkanes of at least 4 members (excludes halogenated alkanes) is 2. The summed E-state index contributed by atoms with van der Waals surface area (Å²) in [6, 6.07) is 15.4. The average molecular weight is 449 g/mol. The standard InChI is InChI=1S/C23H32NO6P/c1-3-5-16-29-31(27,30-17-6-4-2)22(20-12-14-21(25)15-13-20)24-23(26)28-18-19-10-8-7-9-11-19/h7-15,22,25H,3-6,16-18H2,1-2H3,(H,24,26). The number of benzene rings is 2. The lowest BCUT2D eigenvalue weighted by atomic mass is 10.2. The van der Waals surface area contributed by atoms with Crippen molar-refractivity contribution >= 4 is 13.7 Å². The molecule has 2 aromatic rings. The summed E-state index contributed by atoms with van der Waals surface area (Å²) in [4.78, 5) is 12.6. The lowest BCUT2D eigenvalue weighted by molar-refractivity contribution is 0.133. The Balaban J connectivity index is 2.22. The number of carbonyl (C=O) groups is 1. The van der Waals surface area contributed by atoms with Crippen molar-refractivity contribution in [2.75, 3.05) is 13.2 Å². The molecule has 0 heterocycles. The third-order valence-electron chi connectivity index (χ3n) is 4.53.